The minimum atomic E-state index is 0.366. The molecule has 162 valence electrons. The highest BCUT2D eigenvalue weighted by atomic mass is 15.2. The molecule has 0 saturated carbocycles. The van der Waals surface area contributed by atoms with E-state index in [0.29, 0.717) is 12.0 Å². The Hall–Kier alpha value is -3.39. The zero-order valence-corrected chi connectivity index (χ0v) is 18.7. The van der Waals surface area contributed by atoms with Gasteiger partial charge in [0.2, 0.25) is 0 Å². The van der Waals surface area contributed by atoms with E-state index in [2.05, 4.69) is 83.3 Å². The van der Waals surface area contributed by atoms with E-state index in [4.69, 9.17) is 0 Å². The molecule has 0 amide bonds. The molecular formula is C30H32N2. The minimum absolute atomic E-state index is 0.366. The molecule has 0 spiro atoms. The van der Waals surface area contributed by atoms with Crippen molar-refractivity contribution in [3.05, 3.63) is 127 Å². The fraction of sp³-hybridized carbons (Fsp3) is 0.233. The van der Waals surface area contributed by atoms with E-state index in [9.17, 15) is 0 Å². The van der Waals surface area contributed by atoms with Crippen LogP contribution in [0.1, 0.15) is 32.1 Å². The lowest BCUT2D eigenvalue weighted by molar-refractivity contribution is 0.354. The number of para-hydroxylation sites is 1. The standard InChI is InChI=1S/C30H32N2/c1-2-25(13-12-24-31-27-14-6-3-7-15-27)26-20-22-30(23-21-26)32(28-16-8-4-9-17-28)29-18-10-5-11-19-29/h2-10,13-16,18,20,22-24,26,28H,1,11-12,17,19,21H2. The molecule has 3 aliphatic rings. The first-order valence-electron chi connectivity index (χ1n) is 11.6. The number of aliphatic imine (C=N–C) groups is 1. The van der Waals surface area contributed by atoms with Gasteiger partial charge >= 0.3 is 0 Å². The summed E-state index contributed by atoms with van der Waals surface area (Å²) in [4.78, 5) is 7.06. The molecule has 0 heterocycles. The molecule has 2 nitrogen and oxygen atoms in total. The van der Waals surface area contributed by atoms with E-state index >= 15 is 0 Å². The maximum absolute atomic E-state index is 4.53. The molecule has 0 radical (unpaired) electrons. The van der Waals surface area contributed by atoms with E-state index in [1.54, 1.807) is 0 Å². The molecule has 2 atom stereocenters. The summed E-state index contributed by atoms with van der Waals surface area (Å²) in [5.41, 5.74) is 4.97. The van der Waals surface area contributed by atoms with E-state index in [0.717, 1.165) is 37.8 Å². The maximum atomic E-state index is 4.53. The van der Waals surface area contributed by atoms with Crippen LogP contribution in [0.25, 0.3) is 0 Å². The number of benzene rings is 1. The van der Waals surface area contributed by atoms with Crippen molar-refractivity contribution in [3.8, 4) is 0 Å². The molecule has 0 saturated heterocycles. The summed E-state index contributed by atoms with van der Waals surface area (Å²) in [6.07, 6.45) is 33.9. The SMILES string of the molecule is C=CC(=CCC=Nc1ccccc1)C1C=CC(N(C2=CC=CCC2)C2C=CC=CC2)=CC1. The molecule has 0 aliphatic heterocycles. The molecule has 4 rings (SSSR count). The van der Waals surface area contributed by atoms with Crippen LogP contribution in [0, 0.1) is 5.92 Å². The predicted molar refractivity (Wildman–Crippen MR) is 138 cm³/mol. The molecule has 1 aromatic rings. The summed E-state index contributed by atoms with van der Waals surface area (Å²) in [5, 5.41) is 0. The van der Waals surface area contributed by atoms with Crippen LogP contribution in [-0.2, 0) is 0 Å². The third kappa shape index (κ3) is 5.64. The average molecular weight is 421 g/mol. The summed E-state index contributed by atoms with van der Waals surface area (Å²) in [6.45, 7) is 4.06. The van der Waals surface area contributed by atoms with Gasteiger partial charge in [0.1, 0.15) is 0 Å². The van der Waals surface area contributed by atoms with Gasteiger partial charge in [-0.05, 0) is 55.5 Å². The zero-order valence-electron chi connectivity index (χ0n) is 18.7. The minimum Gasteiger partial charge on any atom is -0.338 e. The Morgan fingerprint density at radius 3 is 2.66 bits per heavy atom. The fourth-order valence-electron chi connectivity index (χ4n) is 4.40. The van der Waals surface area contributed by atoms with Crippen molar-refractivity contribution in [3.63, 3.8) is 0 Å². The Morgan fingerprint density at radius 1 is 1.06 bits per heavy atom. The molecule has 0 bridgehead atoms. The molecule has 0 N–H and O–H groups in total. The van der Waals surface area contributed by atoms with Crippen molar-refractivity contribution in [2.24, 2.45) is 10.9 Å². The van der Waals surface area contributed by atoms with Crippen molar-refractivity contribution < 1.29 is 0 Å². The van der Waals surface area contributed by atoms with Crippen molar-refractivity contribution in [2.75, 3.05) is 0 Å². The number of hydrogen-bond acceptors (Lipinski definition) is 2. The van der Waals surface area contributed by atoms with Gasteiger partial charge in [0.25, 0.3) is 0 Å². The second-order valence-electron chi connectivity index (χ2n) is 8.23. The van der Waals surface area contributed by atoms with Gasteiger partial charge in [-0.2, -0.15) is 0 Å². The fourth-order valence-corrected chi connectivity index (χ4v) is 4.40. The molecule has 0 fully saturated rings. The van der Waals surface area contributed by atoms with Crippen LogP contribution in [0.15, 0.2) is 132 Å². The van der Waals surface area contributed by atoms with Gasteiger partial charge in [-0.1, -0.05) is 85.5 Å². The van der Waals surface area contributed by atoms with Crippen LogP contribution in [0.3, 0.4) is 0 Å². The van der Waals surface area contributed by atoms with Crippen LogP contribution in [-0.4, -0.2) is 17.2 Å². The van der Waals surface area contributed by atoms with Crippen LogP contribution in [0.2, 0.25) is 0 Å². The lowest BCUT2D eigenvalue weighted by Gasteiger charge is -2.37. The van der Waals surface area contributed by atoms with E-state index < -0.39 is 0 Å². The predicted octanol–water partition coefficient (Wildman–Crippen LogP) is 7.77. The number of allylic oxidation sites excluding steroid dienone is 12. The molecule has 32 heavy (non-hydrogen) atoms. The van der Waals surface area contributed by atoms with Gasteiger partial charge < -0.3 is 4.90 Å². The highest BCUT2D eigenvalue weighted by molar-refractivity contribution is 5.65. The van der Waals surface area contributed by atoms with Crippen molar-refractivity contribution >= 4 is 11.9 Å². The summed E-state index contributed by atoms with van der Waals surface area (Å²) >= 11 is 0. The third-order valence-corrected chi connectivity index (χ3v) is 6.07. The topological polar surface area (TPSA) is 15.6 Å². The molecule has 2 unspecified atom stereocenters. The van der Waals surface area contributed by atoms with Crippen LogP contribution in [0.4, 0.5) is 5.69 Å². The molecule has 1 aromatic carbocycles. The first-order valence-corrected chi connectivity index (χ1v) is 11.6. The van der Waals surface area contributed by atoms with Gasteiger partial charge in [-0.25, -0.2) is 0 Å². The normalized spacial score (nSPS) is 22.7. The second kappa shape index (κ2) is 11.3. The number of rotatable bonds is 8. The monoisotopic (exact) mass is 420 g/mol. The summed E-state index contributed by atoms with van der Waals surface area (Å²) in [6, 6.07) is 10.5. The average Bonchev–Trinajstić information content (AvgIpc) is 2.87. The Kier molecular flexibility index (Phi) is 7.70. The number of hydrogen-bond donors (Lipinski definition) is 0. The Balaban J connectivity index is 1.44. The largest absolute Gasteiger partial charge is 0.338 e. The third-order valence-electron chi connectivity index (χ3n) is 6.07. The maximum Gasteiger partial charge on any atom is 0.0625 e. The summed E-state index contributed by atoms with van der Waals surface area (Å²) < 4.78 is 0. The van der Waals surface area contributed by atoms with Crippen LogP contribution >= 0.6 is 0 Å². The first kappa shape index (κ1) is 21.8. The van der Waals surface area contributed by atoms with E-state index in [1.165, 1.54) is 17.0 Å². The molecule has 0 aromatic heterocycles. The molecule has 3 aliphatic carbocycles. The highest BCUT2D eigenvalue weighted by Crippen LogP contribution is 2.32. The lowest BCUT2D eigenvalue weighted by atomic mass is 9.89. The molecule has 2 heteroatoms. The summed E-state index contributed by atoms with van der Waals surface area (Å²) in [5.74, 6) is 0.366. The zero-order chi connectivity index (χ0) is 22.0. The van der Waals surface area contributed by atoms with Crippen molar-refractivity contribution in [2.45, 2.75) is 38.1 Å². The number of nitrogens with zero attached hydrogens (tertiary/aromatic N) is 2. The van der Waals surface area contributed by atoms with Gasteiger partial charge in [0.15, 0.2) is 0 Å². The lowest BCUT2D eigenvalue weighted by Crippen LogP contribution is -2.33. The quantitative estimate of drug-likeness (QED) is 0.310. The second-order valence-corrected chi connectivity index (χ2v) is 8.23. The van der Waals surface area contributed by atoms with Crippen LogP contribution in [0.5, 0.6) is 0 Å². The van der Waals surface area contributed by atoms with E-state index in [1.807, 2.05) is 42.6 Å². The van der Waals surface area contributed by atoms with Crippen molar-refractivity contribution in [1.82, 2.24) is 4.90 Å². The summed E-state index contributed by atoms with van der Waals surface area (Å²) in [7, 11) is 0. The first-order chi connectivity index (χ1) is 15.8. The van der Waals surface area contributed by atoms with Crippen molar-refractivity contribution in [1.29, 1.82) is 0 Å². The Labute approximate surface area is 192 Å². The highest BCUT2D eigenvalue weighted by Gasteiger charge is 2.23. The van der Waals surface area contributed by atoms with Gasteiger partial charge in [-0.15, -0.1) is 0 Å². The smallest absolute Gasteiger partial charge is 0.0625 e. The van der Waals surface area contributed by atoms with Gasteiger partial charge in [-0.3, -0.25) is 4.99 Å². The van der Waals surface area contributed by atoms with Gasteiger partial charge in [0, 0.05) is 29.9 Å². The van der Waals surface area contributed by atoms with E-state index in [-0.39, 0.29) is 0 Å². The van der Waals surface area contributed by atoms with Gasteiger partial charge in [0.05, 0.1) is 11.7 Å². The Morgan fingerprint density at radius 2 is 1.97 bits per heavy atom. The van der Waals surface area contributed by atoms with Crippen LogP contribution < -0.4 is 0 Å². The molecular weight excluding hydrogens is 388 g/mol. The Bertz CT molecular complexity index is 1030.